The maximum absolute atomic E-state index is 14.0. The molecule has 2 nitrogen and oxygen atoms in total. The highest BCUT2D eigenvalue weighted by Gasteiger charge is 2.52. The van der Waals surface area contributed by atoms with Crippen molar-refractivity contribution in [2.24, 2.45) is 5.92 Å². The summed E-state index contributed by atoms with van der Waals surface area (Å²) in [5.74, 6) is -0.223. The van der Waals surface area contributed by atoms with Crippen LogP contribution in [-0.4, -0.2) is 5.97 Å². The van der Waals surface area contributed by atoms with Gasteiger partial charge in [-0.3, -0.25) is 0 Å². The molecule has 3 heteroatoms. The Morgan fingerprint density at radius 2 is 2.20 bits per heavy atom. The summed E-state index contributed by atoms with van der Waals surface area (Å²) >= 11 is 0. The van der Waals surface area contributed by atoms with Gasteiger partial charge in [0.1, 0.15) is 11.4 Å². The fourth-order valence-electron chi connectivity index (χ4n) is 3.29. The van der Waals surface area contributed by atoms with E-state index in [1.807, 2.05) is 6.07 Å². The van der Waals surface area contributed by atoms with E-state index in [0.717, 1.165) is 43.2 Å². The summed E-state index contributed by atoms with van der Waals surface area (Å²) < 4.78 is 19.9. The van der Waals surface area contributed by atoms with Gasteiger partial charge in [0.15, 0.2) is 0 Å². The number of carbonyl (C=O) groups is 1. The predicted molar refractivity (Wildman–Crippen MR) is 74.6 cm³/mol. The van der Waals surface area contributed by atoms with Crippen LogP contribution in [0.15, 0.2) is 30.4 Å². The van der Waals surface area contributed by atoms with E-state index in [2.05, 4.69) is 6.58 Å². The molecule has 0 aromatic heterocycles. The number of halogens is 1. The number of ether oxygens (including phenoxy) is 1. The van der Waals surface area contributed by atoms with Gasteiger partial charge < -0.3 is 4.74 Å². The molecule has 106 valence electrons. The van der Waals surface area contributed by atoms with E-state index < -0.39 is 5.60 Å². The quantitative estimate of drug-likeness (QED) is 0.617. The lowest BCUT2D eigenvalue weighted by Gasteiger charge is -2.39. The number of esters is 1. The lowest BCUT2D eigenvalue weighted by atomic mass is 9.75. The molecule has 1 aromatic rings. The Morgan fingerprint density at radius 1 is 1.45 bits per heavy atom. The lowest BCUT2D eigenvalue weighted by Crippen LogP contribution is -2.38. The van der Waals surface area contributed by atoms with Gasteiger partial charge in [-0.05, 0) is 50.7 Å². The second-order valence-electron chi connectivity index (χ2n) is 5.95. The van der Waals surface area contributed by atoms with Crippen molar-refractivity contribution in [1.82, 2.24) is 0 Å². The second kappa shape index (κ2) is 4.72. The van der Waals surface area contributed by atoms with Gasteiger partial charge >= 0.3 is 5.97 Å². The summed E-state index contributed by atoms with van der Waals surface area (Å²) in [5, 5.41) is 0. The molecule has 0 saturated heterocycles. The van der Waals surface area contributed by atoms with Crippen LogP contribution < -0.4 is 0 Å². The average Bonchev–Trinajstić information content (AvgIpc) is 3.24. The number of hydrogen-bond donors (Lipinski definition) is 0. The molecule has 0 amide bonds. The zero-order valence-electron chi connectivity index (χ0n) is 11.7. The Balaban J connectivity index is 2.07. The number of fused-ring (bicyclic) bond motifs is 1. The van der Waals surface area contributed by atoms with Crippen LogP contribution in [0.25, 0.3) is 0 Å². The first-order valence-corrected chi connectivity index (χ1v) is 7.21. The molecule has 1 saturated carbocycles. The molecule has 3 rings (SSSR count). The van der Waals surface area contributed by atoms with Crippen molar-refractivity contribution in [2.75, 3.05) is 0 Å². The van der Waals surface area contributed by atoms with Crippen LogP contribution in [0.1, 0.15) is 43.7 Å². The third-order valence-electron chi connectivity index (χ3n) is 4.41. The monoisotopic (exact) mass is 274 g/mol. The standard InChI is InChI=1S/C17H19FO2/c1-11(2)16(19)20-17(12-8-9-12)10-4-5-13-14(17)6-3-7-15(13)18/h3,6-7,12H,1,4-5,8-10H2,2H3. The van der Waals surface area contributed by atoms with Crippen molar-refractivity contribution >= 4 is 5.97 Å². The molecule has 2 aliphatic rings. The SMILES string of the molecule is C=C(C)C(=O)OC1(C2CC2)CCCc2c(F)cccc21. The van der Waals surface area contributed by atoms with Gasteiger partial charge in [-0.2, -0.15) is 0 Å². The summed E-state index contributed by atoms with van der Waals surface area (Å²) in [6.07, 6.45) is 4.45. The van der Waals surface area contributed by atoms with Crippen LogP contribution in [0.5, 0.6) is 0 Å². The van der Waals surface area contributed by atoms with Crippen LogP contribution in [0, 0.1) is 11.7 Å². The third kappa shape index (κ3) is 2.05. The Hall–Kier alpha value is -1.64. The molecular weight excluding hydrogens is 255 g/mol. The van der Waals surface area contributed by atoms with E-state index in [1.54, 1.807) is 13.0 Å². The second-order valence-corrected chi connectivity index (χ2v) is 5.95. The molecule has 0 bridgehead atoms. The first-order valence-electron chi connectivity index (χ1n) is 7.21. The minimum Gasteiger partial charge on any atom is -0.451 e. The molecule has 1 atom stereocenters. The molecule has 20 heavy (non-hydrogen) atoms. The first-order chi connectivity index (χ1) is 9.54. The van der Waals surface area contributed by atoms with E-state index in [0.29, 0.717) is 11.5 Å². The van der Waals surface area contributed by atoms with E-state index >= 15 is 0 Å². The lowest BCUT2D eigenvalue weighted by molar-refractivity contribution is -0.161. The number of rotatable bonds is 3. The van der Waals surface area contributed by atoms with Crippen LogP contribution in [0.2, 0.25) is 0 Å². The Morgan fingerprint density at radius 3 is 2.85 bits per heavy atom. The maximum Gasteiger partial charge on any atom is 0.334 e. The topological polar surface area (TPSA) is 26.3 Å². The molecule has 0 N–H and O–H groups in total. The highest BCUT2D eigenvalue weighted by Crippen LogP contribution is 2.54. The van der Waals surface area contributed by atoms with Crippen molar-refractivity contribution in [3.8, 4) is 0 Å². The summed E-state index contributed by atoms with van der Waals surface area (Å²) in [4.78, 5) is 12.0. The highest BCUT2D eigenvalue weighted by atomic mass is 19.1. The highest BCUT2D eigenvalue weighted by molar-refractivity contribution is 5.87. The van der Waals surface area contributed by atoms with Crippen molar-refractivity contribution in [3.63, 3.8) is 0 Å². The molecule has 0 spiro atoms. The average molecular weight is 274 g/mol. The normalized spacial score (nSPS) is 24.9. The van der Waals surface area contributed by atoms with Crippen molar-refractivity contribution in [2.45, 2.75) is 44.6 Å². The van der Waals surface area contributed by atoms with E-state index in [4.69, 9.17) is 4.74 Å². The fraction of sp³-hybridized carbons (Fsp3) is 0.471. The molecule has 0 heterocycles. The Labute approximate surface area is 118 Å². The Kier molecular flexibility index (Phi) is 3.15. The molecule has 1 fully saturated rings. The third-order valence-corrected chi connectivity index (χ3v) is 4.41. The van der Waals surface area contributed by atoms with Crippen molar-refractivity contribution in [3.05, 3.63) is 47.3 Å². The van der Waals surface area contributed by atoms with Gasteiger partial charge in [-0.15, -0.1) is 0 Å². The molecule has 0 radical (unpaired) electrons. The minimum atomic E-state index is -0.633. The molecule has 2 aliphatic carbocycles. The maximum atomic E-state index is 14.0. The van der Waals surface area contributed by atoms with Gasteiger partial charge in [-0.1, -0.05) is 18.7 Å². The van der Waals surface area contributed by atoms with E-state index in [1.165, 1.54) is 6.07 Å². The zero-order chi connectivity index (χ0) is 14.3. The molecule has 1 unspecified atom stereocenters. The smallest absolute Gasteiger partial charge is 0.334 e. The number of hydrogen-bond acceptors (Lipinski definition) is 2. The van der Waals surface area contributed by atoms with Gasteiger partial charge in [0.05, 0.1) is 0 Å². The van der Waals surface area contributed by atoms with Gasteiger partial charge in [0, 0.05) is 17.1 Å². The number of benzene rings is 1. The van der Waals surface area contributed by atoms with Crippen LogP contribution in [-0.2, 0) is 21.6 Å². The van der Waals surface area contributed by atoms with Crippen LogP contribution in [0.3, 0.4) is 0 Å². The predicted octanol–water partition coefficient (Wildman–Crippen LogP) is 3.89. The van der Waals surface area contributed by atoms with Gasteiger partial charge in [0.25, 0.3) is 0 Å². The molecular formula is C17H19FO2. The zero-order valence-corrected chi connectivity index (χ0v) is 11.7. The van der Waals surface area contributed by atoms with Crippen LogP contribution in [0.4, 0.5) is 4.39 Å². The minimum absolute atomic E-state index is 0.182. The fourth-order valence-corrected chi connectivity index (χ4v) is 3.29. The summed E-state index contributed by atoms with van der Waals surface area (Å²) in [6, 6.07) is 5.12. The van der Waals surface area contributed by atoms with Crippen molar-refractivity contribution < 1.29 is 13.9 Å². The first kappa shape index (κ1) is 13.3. The van der Waals surface area contributed by atoms with Crippen LogP contribution >= 0.6 is 0 Å². The number of carbonyl (C=O) groups excluding carboxylic acids is 1. The van der Waals surface area contributed by atoms with E-state index in [9.17, 15) is 9.18 Å². The molecule has 1 aromatic carbocycles. The van der Waals surface area contributed by atoms with Gasteiger partial charge in [-0.25, -0.2) is 9.18 Å². The van der Waals surface area contributed by atoms with Gasteiger partial charge in [0.2, 0.25) is 0 Å². The summed E-state index contributed by atoms with van der Waals surface area (Å²) in [7, 11) is 0. The van der Waals surface area contributed by atoms with E-state index in [-0.39, 0.29) is 11.8 Å². The summed E-state index contributed by atoms with van der Waals surface area (Å²) in [5.41, 5.74) is 1.36. The molecule has 0 aliphatic heterocycles. The Bertz CT molecular complexity index is 574. The largest absolute Gasteiger partial charge is 0.451 e. The van der Waals surface area contributed by atoms with Crippen molar-refractivity contribution in [1.29, 1.82) is 0 Å². The summed E-state index contributed by atoms with van der Waals surface area (Å²) in [6.45, 7) is 5.31.